The maximum atomic E-state index is 11.4. The van der Waals surface area contributed by atoms with Gasteiger partial charge in [0, 0.05) is 9.84 Å². The minimum absolute atomic E-state index is 0.0548. The number of hydrogen-bond donors (Lipinski definition) is 0. The molecule has 4 unspecified atom stereocenters. The Morgan fingerprint density at radius 1 is 1.50 bits per heavy atom. The molecule has 3 rings (SSSR count). The lowest BCUT2D eigenvalue weighted by Gasteiger charge is -2.35. The van der Waals surface area contributed by atoms with Gasteiger partial charge in [-0.15, -0.1) is 0 Å². The summed E-state index contributed by atoms with van der Waals surface area (Å²) in [7, 11) is 0. The van der Waals surface area contributed by atoms with Crippen molar-refractivity contribution < 1.29 is 9.53 Å². The number of ether oxygens (including phenoxy) is 1. The average molecular weight is 306 g/mol. The molecule has 0 aromatic rings. The van der Waals surface area contributed by atoms with Gasteiger partial charge in [0.1, 0.15) is 6.10 Å². The Bertz CT molecular complexity index is 278. The lowest BCUT2D eigenvalue weighted by atomic mass is 9.69. The first-order chi connectivity index (χ1) is 6.74. The summed E-state index contributed by atoms with van der Waals surface area (Å²) in [6.07, 6.45) is 6.30. The van der Waals surface area contributed by atoms with Crippen molar-refractivity contribution in [3.8, 4) is 0 Å². The minimum atomic E-state index is 0.0548. The summed E-state index contributed by atoms with van der Waals surface area (Å²) < 4.78 is 6.43. The third-order valence-electron chi connectivity index (χ3n) is 4.55. The van der Waals surface area contributed by atoms with Crippen LogP contribution in [0.2, 0.25) is 0 Å². The summed E-state index contributed by atoms with van der Waals surface area (Å²) >= 11 is 2.36. The van der Waals surface area contributed by atoms with Crippen LogP contribution in [0.5, 0.6) is 0 Å². The lowest BCUT2D eigenvalue weighted by Crippen LogP contribution is -2.37. The fourth-order valence-electron chi connectivity index (χ4n) is 3.98. The van der Waals surface area contributed by atoms with Gasteiger partial charge in [0.15, 0.2) is 0 Å². The summed E-state index contributed by atoms with van der Waals surface area (Å²) in [5.74, 6) is 1.75. The fourth-order valence-corrected chi connectivity index (χ4v) is 5.04. The number of alkyl halides is 1. The molecule has 0 amide bonds. The number of cyclic esters (lactones) is 1. The second-order valence-corrected chi connectivity index (χ2v) is 6.00. The number of carbonyl (C=O) groups is 1. The van der Waals surface area contributed by atoms with Crippen LogP contribution < -0.4 is 0 Å². The summed E-state index contributed by atoms with van der Waals surface area (Å²) in [4.78, 5) is 11.4. The van der Waals surface area contributed by atoms with E-state index < -0.39 is 0 Å². The molecule has 3 fully saturated rings. The predicted molar refractivity (Wildman–Crippen MR) is 61.3 cm³/mol. The van der Waals surface area contributed by atoms with Crippen molar-refractivity contribution >= 4 is 28.6 Å². The molecule has 3 aliphatic rings. The maximum Gasteiger partial charge on any atom is 0.306 e. The minimum Gasteiger partial charge on any atom is -0.461 e. The lowest BCUT2D eigenvalue weighted by molar-refractivity contribution is -0.140. The van der Waals surface area contributed by atoms with E-state index >= 15 is 0 Å². The molecule has 2 bridgehead atoms. The van der Waals surface area contributed by atoms with Crippen LogP contribution in [0, 0.1) is 17.3 Å². The molecule has 1 saturated heterocycles. The zero-order valence-electron chi connectivity index (χ0n) is 8.17. The summed E-state index contributed by atoms with van der Waals surface area (Å²) in [5, 5.41) is 0. The third-order valence-corrected chi connectivity index (χ3v) is 5.35. The topological polar surface area (TPSA) is 26.3 Å². The Balaban J connectivity index is 1.91. The number of hydrogen-bond acceptors (Lipinski definition) is 2. The van der Waals surface area contributed by atoms with Gasteiger partial charge in [-0.2, -0.15) is 0 Å². The second-order valence-electron chi connectivity index (χ2n) is 5.12. The average Bonchev–Trinajstić information content (AvgIpc) is 2.80. The molecule has 1 aliphatic heterocycles. The molecule has 1 spiro atoms. The molecule has 2 nitrogen and oxygen atoms in total. The van der Waals surface area contributed by atoms with Crippen molar-refractivity contribution in [3.63, 3.8) is 0 Å². The van der Waals surface area contributed by atoms with E-state index in [2.05, 4.69) is 22.6 Å². The Kier molecular flexibility index (Phi) is 2.08. The zero-order valence-corrected chi connectivity index (χ0v) is 10.3. The van der Waals surface area contributed by atoms with Crippen LogP contribution in [0.25, 0.3) is 0 Å². The van der Waals surface area contributed by atoms with Gasteiger partial charge < -0.3 is 4.74 Å². The van der Waals surface area contributed by atoms with Crippen LogP contribution in [0.15, 0.2) is 0 Å². The largest absolute Gasteiger partial charge is 0.461 e. The van der Waals surface area contributed by atoms with Crippen molar-refractivity contribution in [1.82, 2.24) is 0 Å². The Hall–Kier alpha value is 0.200. The molecule has 0 radical (unpaired) electrons. The monoisotopic (exact) mass is 306 g/mol. The molecule has 3 heteroatoms. The van der Waals surface area contributed by atoms with Gasteiger partial charge in [-0.3, -0.25) is 4.79 Å². The second kappa shape index (κ2) is 3.09. The molecule has 4 atom stereocenters. The fraction of sp³-hybridized carbons (Fsp3) is 0.909. The van der Waals surface area contributed by atoms with E-state index in [4.69, 9.17) is 4.74 Å². The van der Waals surface area contributed by atoms with Crippen LogP contribution in [0.3, 0.4) is 0 Å². The first-order valence-electron chi connectivity index (χ1n) is 5.50. The summed E-state index contributed by atoms with van der Waals surface area (Å²) in [6.45, 7) is 0. The summed E-state index contributed by atoms with van der Waals surface area (Å²) in [6, 6.07) is 0. The SMILES string of the molecule is O=C1CC2(CC3CCC2C3)C(CI)O1. The zero-order chi connectivity index (χ0) is 9.76. The molecule has 2 aliphatic carbocycles. The van der Waals surface area contributed by atoms with Gasteiger partial charge in [0.2, 0.25) is 0 Å². The van der Waals surface area contributed by atoms with Crippen molar-refractivity contribution in [2.45, 2.75) is 38.2 Å². The molecular formula is C11H15IO2. The van der Waals surface area contributed by atoms with E-state index in [9.17, 15) is 4.79 Å². The smallest absolute Gasteiger partial charge is 0.306 e. The first-order valence-corrected chi connectivity index (χ1v) is 7.02. The summed E-state index contributed by atoms with van der Waals surface area (Å²) in [5.41, 5.74) is 0.265. The highest BCUT2D eigenvalue weighted by atomic mass is 127. The number of fused-ring (bicyclic) bond motifs is 3. The van der Waals surface area contributed by atoms with Gasteiger partial charge in [0.05, 0.1) is 6.42 Å². The van der Waals surface area contributed by atoms with Crippen LogP contribution in [-0.4, -0.2) is 16.5 Å². The van der Waals surface area contributed by atoms with Gasteiger partial charge >= 0.3 is 5.97 Å². The quantitative estimate of drug-likeness (QED) is 0.423. The number of esters is 1. The highest BCUT2D eigenvalue weighted by Gasteiger charge is 2.59. The molecule has 0 N–H and O–H groups in total. The molecule has 0 aromatic carbocycles. The van der Waals surface area contributed by atoms with Crippen molar-refractivity contribution in [2.24, 2.45) is 17.3 Å². The third kappa shape index (κ3) is 1.11. The number of carbonyl (C=O) groups excluding carboxylic acids is 1. The highest BCUT2D eigenvalue weighted by molar-refractivity contribution is 14.1. The first kappa shape index (κ1) is 9.43. The molecule has 2 saturated carbocycles. The van der Waals surface area contributed by atoms with E-state index in [1.165, 1.54) is 25.7 Å². The van der Waals surface area contributed by atoms with Crippen LogP contribution >= 0.6 is 22.6 Å². The number of halogens is 1. The normalized spacial score (nSPS) is 50.4. The standard InChI is InChI=1S/C11H15IO2/c12-6-9-11(5-10(13)14-9)4-7-1-2-8(11)3-7/h7-9H,1-6H2. The van der Waals surface area contributed by atoms with Crippen molar-refractivity contribution in [3.05, 3.63) is 0 Å². The molecule has 78 valence electrons. The molecule has 1 heterocycles. The van der Waals surface area contributed by atoms with Crippen LogP contribution in [0.4, 0.5) is 0 Å². The highest BCUT2D eigenvalue weighted by Crippen LogP contribution is 2.62. The van der Waals surface area contributed by atoms with Crippen molar-refractivity contribution in [2.75, 3.05) is 4.43 Å². The van der Waals surface area contributed by atoms with E-state index in [0.717, 1.165) is 16.3 Å². The molecule has 0 aromatic heterocycles. The molecular weight excluding hydrogens is 291 g/mol. The van der Waals surface area contributed by atoms with E-state index in [-0.39, 0.29) is 17.5 Å². The van der Waals surface area contributed by atoms with E-state index in [1.54, 1.807) is 0 Å². The van der Waals surface area contributed by atoms with Gasteiger partial charge in [-0.05, 0) is 31.1 Å². The van der Waals surface area contributed by atoms with Crippen molar-refractivity contribution in [1.29, 1.82) is 0 Å². The van der Waals surface area contributed by atoms with E-state index in [1.807, 2.05) is 0 Å². The van der Waals surface area contributed by atoms with Crippen LogP contribution in [-0.2, 0) is 9.53 Å². The predicted octanol–water partition coefficient (Wildman–Crippen LogP) is 2.54. The Morgan fingerprint density at radius 3 is 2.93 bits per heavy atom. The maximum absolute atomic E-state index is 11.4. The van der Waals surface area contributed by atoms with Gasteiger partial charge in [-0.1, -0.05) is 29.0 Å². The molecule has 14 heavy (non-hydrogen) atoms. The Morgan fingerprint density at radius 2 is 2.36 bits per heavy atom. The van der Waals surface area contributed by atoms with Crippen LogP contribution in [0.1, 0.15) is 32.1 Å². The number of rotatable bonds is 1. The Labute approximate surface area is 97.9 Å². The van der Waals surface area contributed by atoms with Gasteiger partial charge in [-0.25, -0.2) is 0 Å². The van der Waals surface area contributed by atoms with E-state index in [0.29, 0.717) is 6.42 Å². The van der Waals surface area contributed by atoms with Gasteiger partial charge in [0.25, 0.3) is 0 Å².